The molecule has 6 heteroatoms. The van der Waals surface area contributed by atoms with Gasteiger partial charge >= 0.3 is 0 Å². The average Bonchev–Trinajstić information content (AvgIpc) is 2.81. The third kappa shape index (κ3) is 3.37. The van der Waals surface area contributed by atoms with Crippen LogP contribution >= 0.6 is 0 Å². The molecule has 1 amide bonds. The molecule has 1 saturated heterocycles. The van der Waals surface area contributed by atoms with Crippen molar-refractivity contribution in [2.24, 2.45) is 0 Å². The number of hydrogen-bond donors (Lipinski definition) is 0. The van der Waals surface area contributed by atoms with Gasteiger partial charge in [0.05, 0.1) is 0 Å². The molecule has 0 saturated carbocycles. The molecule has 117 valence electrons. The molecule has 0 aromatic heterocycles. The molecule has 2 rings (SSSR count). The van der Waals surface area contributed by atoms with Crippen LogP contribution in [0.5, 0.6) is 0 Å². The number of allylic oxidation sites excluding steroid dienone is 1. The number of carbonyl (C=O) groups is 2. The van der Waals surface area contributed by atoms with E-state index in [9.17, 15) is 22.8 Å². The lowest BCUT2D eigenvalue weighted by atomic mass is 10.1. The summed E-state index contributed by atoms with van der Waals surface area (Å²) in [6, 6.07) is 1.55. The van der Waals surface area contributed by atoms with Gasteiger partial charge in [0.1, 0.15) is 5.78 Å². The number of rotatable bonds is 6. The van der Waals surface area contributed by atoms with Gasteiger partial charge in [-0.3, -0.25) is 9.59 Å². The van der Waals surface area contributed by atoms with Gasteiger partial charge in [-0.2, -0.15) is 0 Å². The van der Waals surface area contributed by atoms with Gasteiger partial charge in [0.25, 0.3) is 0 Å². The van der Waals surface area contributed by atoms with Crippen LogP contribution in [-0.2, 0) is 16.1 Å². The van der Waals surface area contributed by atoms with Crippen LogP contribution < -0.4 is 0 Å². The predicted molar refractivity (Wildman–Crippen MR) is 74.0 cm³/mol. The Morgan fingerprint density at radius 2 is 2.05 bits per heavy atom. The summed E-state index contributed by atoms with van der Waals surface area (Å²) in [6.07, 6.45) is 3.48. The van der Waals surface area contributed by atoms with Crippen molar-refractivity contribution in [2.45, 2.75) is 31.8 Å². The molecule has 1 radical (unpaired) electrons. The van der Waals surface area contributed by atoms with Crippen molar-refractivity contribution in [3.63, 3.8) is 0 Å². The Hall–Kier alpha value is -2.11. The normalized spacial score (nSPS) is 17.9. The number of halogens is 3. The third-order valence-corrected chi connectivity index (χ3v) is 3.65. The van der Waals surface area contributed by atoms with Crippen LogP contribution in [0.4, 0.5) is 13.2 Å². The SMILES string of the molecule is C=C[CH]C(=O)CC1CCC(=O)N1Cc1ccc(F)c(F)c1F. The van der Waals surface area contributed by atoms with Crippen LogP contribution in [0.2, 0.25) is 0 Å². The minimum atomic E-state index is -1.56. The number of nitrogens with zero attached hydrogens (tertiary/aromatic N) is 1. The molecular formula is C16H15F3NO2. The summed E-state index contributed by atoms with van der Waals surface area (Å²) >= 11 is 0. The van der Waals surface area contributed by atoms with Gasteiger partial charge in [-0.1, -0.05) is 12.1 Å². The Morgan fingerprint density at radius 3 is 2.73 bits per heavy atom. The van der Waals surface area contributed by atoms with E-state index in [1.54, 1.807) is 0 Å². The predicted octanol–water partition coefficient (Wildman–Crippen LogP) is 2.94. The monoisotopic (exact) mass is 310 g/mol. The first-order valence-corrected chi connectivity index (χ1v) is 6.84. The van der Waals surface area contributed by atoms with E-state index in [0.29, 0.717) is 6.42 Å². The maximum absolute atomic E-state index is 13.7. The van der Waals surface area contributed by atoms with Crippen molar-refractivity contribution in [3.05, 3.63) is 54.2 Å². The zero-order chi connectivity index (χ0) is 16.3. The highest BCUT2D eigenvalue weighted by atomic mass is 19.2. The first-order valence-electron chi connectivity index (χ1n) is 6.84. The van der Waals surface area contributed by atoms with Crippen LogP contribution in [0, 0.1) is 23.9 Å². The highest BCUT2D eigenvalue weighted by Gasteiger charge is 2.33. The molecule has 1 unspecified atom stereocenters. The Balaban J connectivity index is 2.15. The average molecular weight is 310 g/mol. The van der Waals surface area contributed by atoms with Crippen LogP contribution in [0.1, 0.15) is 24.8 Å². The second-order valence-electron chi connectivity index (χ2n) is 5.12. The number of Topliss-reactive ketones (excluding diaryl/α,β-unsaturated/α-hetero) is 1. The van der Waals surface area contributed by atoms with E-state index in [0.717, 1.165) is 12.1 Å². The maximum Gasteiger partial charge on any atom is 0.223 e. The fourth-order valence-electron chi connectivity index (χ4n) is 2.53. The smallest absolute Gasteiger partial charge is 0.223 e. The molecule has 1 heterocycles. The van der Waals surface area contributed by atoms with Gasteiger partial charge in [0, 0.05) is 37.4 Å². The van der Waals surface area contributed by atoms with E-state index in [2.05, 4.69) is 6.58 Å². The summed E-state index contributed by atoms with van der Waals surface area (Å²) < 4.78 is 39.9. The number of carbonyl (C=O) groups excluding carboxylic acids is 2. The molecule has 1 aliphatic heterocycles. The van der Waals surface area contributed by atoms with E-state index in [1.165, 1.54) is 17.4 Å². The lowest BCUT2D eigenvalue weighted by molar-refractivity contribution is -0.130. The summed E-state index contributed by atoms with van der Waals surface area (Å²) in [6.45, 7) is 3.24. The van der Waals surface area contributed by atoms with Gasteiger partial charge < -0.3 is 4.90 Å². The van der Waals surface area contributed by atoms with E-state index >= 15 is 0 Å². The summed E-state index contributed by atoms with van der Waals surface area (Å²) in [5.74, 6) is -4.56. The zero-order valence-corrected chi connectivity index (χ0v) is 11.8. The molecule has 0 bridgehead atoms. The van der Waals surface area contributed by atoms with E-state index in [4.69, 9.17) is 0 Å². The third-order valence-electron chi connectivity index (χ3n) is 3.65. The standard InChI is InChI=1S/C16H15F3NO2/c1-2-3-12(21)8-11-5-7-14(22)20(11)9-10-4-6-13(17)16(19)15(10)18/h2-4,6,11H,1,5,7-9H2. The summed E-state index contributed by atoms with van der Waals surface area (Å²) in [5.41, 5.74) is -0.112. The maximum atomic E-state index is 13.7. The van der Waals surface area contributed by atoms with Gasteiger partial charge in [0.15, 0.2) is 17.5 Å². The first-order chi connectivity index (χ1) is 10.4. The van der Waals surface area contributed by atoms with Crippen LogP contribution in [0.3, 0.4) is 0 Å². The molecule has 1 atom stereocenters. The largest absolute Gasteiger partial charge is 0.335 e. The highest BCUT2D eigenvalue weighted by Crippen LogP contribution is 2.26. The van der Waals surface area contributed by atoms with Crippen LogP contribution in [0.25, 0.3) is 0 Å². The van der Waals surface area contributed by atoms with Crippen molar-refractivity contribution < 1.29 is 22.8 Å². The second kappa shape index (κ2) is 6.77. The van der Waals surface area contributed by atoms with Gasteiger partial charge in [-0.15, -0.1) is 6.58 Å². The van der Waals surface area contributed by atoms with E-state index in [-0.39, 0.29) is 42.7 Å². The summed E-state index contributed by atoms with van der Waals surface area (Å²) in [5, 5.41) is 0. The fraction of sp³-hybridized carbons (Fsp3) is 0.312. The molecule has 0 spiro atoms. The minimum absolute atomic E-state index is 0.100. The van der Waals surface area contributed by atoms with Crippen molar-refractivity contribution in [1.82, 2.24) is 4.90 Å². The Labute approximate surface area is 126 Å². The van der Waals surface area contributed by atoms with Crippen molar-refractivity contribution in [2.75, 3.05) is 0 Å². The lowest BCUT2D eigenvalue weighted by Gasteiger charge is -2.24. The topological polar surface area (TPSA) is 37.4 Å². The fourth-order valence-corrected chi connectivity index (χ4v) is 2.53. The number of hydrogen-bond acceptors (Lipinski definition) is 2. The molecular weight excluding hydrogens is 295 g/mol. The number of amides is 1. The lowest BCUT2D eigenvalue weighted by Crippen LogP contribution is -2.34. The summed E-state index contributed by atoms with van der Waals surface area (Å²) in [4.78, 5) is 24.8. The second-order valence-corrected chi connectivity index (χ2v) is 5.12. The first kappa shape index (κ1) is 16.3. The molecule has 1 fully saturated rings. The molecule has 3 nitrogen and oxygen atoms in total. The molecule has 0 aliphatic carbocycles. The molecule has 1 aromatic carbocycles. The Morgan fingerprint density at radius 1 is 1.32 bits per heavy atom. The number of likely N-dealkylation sites (tertiary alicyclic amines) is 1. The minimum Gasteiger partial charge on any atom is -0.335 e. The quantitative estimate of drug-likeness (QED) is 0.758. The zero-order valence-electron chi connectivity index (χ0n) is 11.8. The van der Waals surface area contributed by atoms with Crippen molar-refractivity contribution >= 4 is 11.7 Å². The number of benzene rings is 1. The van der Waals surface area contributed by atoms with Crippen LogP contribution in [-0.4, -0.2) is 22.6 Å². The highest BCUT2D eigenvalue weighted by molar-refractivity contribution is 5.90. The molecule has 1 aliphatic rings. The van der Waals surface area contributed by atoms with Crippen molar-refractivity contribution in [3.8, 4) is 0 Å². The Kier molecular flexibility index (Phi) is 5.00. The van der Waals surface area contributed by atoms with E-state index < -0.39 is 17.5 Å². The van der Waals surface area contributed by atoms with Gasteiger partial charge in [-0.25, -0.2) is 13.2 Å². The van der Waals surface area contributed by atoms with Gasteiger partial charge in [0.2, 0.25) is 5.91 Å². The van der Waals surface area contributed by atoms with Gasteiger partial charge in [-0.05, 0) is 12.5 Å². The Bertz CT molecular complexity index is 616. The summed E-state index contributed by atoms with van der Waals surface area (Å²) in [7, 11) is 0. The van der Waals surface area contributed by atoms with Crippen LogP contribution in [0.15, 0.2) is 24.8 Å². The molecule has 0 N–H and O–H groups in total. The number of ketones is 1. The molecule has 1 aromatic rings. The van der Waals surface area contributed by atoms with E-state index in [1.807, 2.05) is 0 Å². The van der Waals surface area contributed by atoms with Crippen molar-refractivity contribution in [1.29, 1.82) is 0 Å². The molecule has 22 heavy (non-hydrogen) atoms.